The van der Waals surface area contributed by atoms with Gasteiger partial charge in [-0.05, 0) is 47.9 Å². The lowest BCUT2D eigenvalue weighted by Crippen LogP contribution is -2.07. The Labute approximate surface area is 85.0 Å². The van der Waals surface area contributed by atoms with Crippen molar-refractivity contribution >= 4 is 0 Å². The number of fused-ring (bicyclic) bond motifs is 3. The molecule has 0 spiro atoms. The van der Waals surface area contributed by atoms with Crippen molar-refractivity contribution in [2.24, 2.45) is 0 Å². The van der Waals surface area contributed by atoms with Gasteiger partial charge in [0.25, 0.3) is 0 Å². The van der Waals surface area contributed by atoms with Gasteiger partial charge in [-0.3, -0.25) is 0 Å². The Bertz CT molecular complexity index is 381. The van der Waals surface area contributed by atoms with Crippen LogP contribution in [0, 0.1) is 0 Å². The van der Waals surface area contributed by atoms with Gasteiger partial charge in [0.2, 0.25) is 0 Å². The monoisotopic (exact) mass is 182 g/mol. The molecule has 0 aromatic heterocycles. The molecule has 0 heteroatoms. The van der Waals surface area contributed by atoms with Crippen molar-refractivity contribution in [3.05, 3.63) is 58.7 Å². The number of allylic oxidation sites excluding steroid dienone is 4. The molecule has 0 unspecified atom stereocenters. The first kappa shape index (κ1) is 8.05. The highest BCUT2D eigenvalue weighted by atomic mass is 14.2. The fourth-order valence-electron chi connectivity index (χ4n) is 2.50. The SMILES string of the molecule is C1=CCc2c(ccc3c2CC=CC3)C1. The molecule has 2 aliphatic rings. The fraction of sp³-hybridized carbons (Fsp3) is 0.286. The third-order valence-electron chi connectivity index (χ3n) is 3.28. The summed E-state index contributed by atoms with van der Waals surface area (Å²) in [6.45, 7) is 0. The molecule has 0 bridgehead atoms. The average molecular weight is 182 g/mol. The van der Waals surface area contributed by atoms with Crippen molar-refractivity contribution in [2.45, 2.75) is 25.7 Å². The number of hydrogen-bond acceptors (Lipinski definition) is 0. The minimum Gasteiger partial charge on any atom is -0.0838 e. The highest BCUT2D eigenvalue weighted by Crippen LogP contribution is 2.27. The normalized spacial score (nSPS) is 17.7. The summed E-state index contributed by atoms with van der Waals surface area (Å²) in [4.78, 5) is 0. The van der Waals surface area contributed by atoms with Crippen molar-refractivity contribution in [3.63, 3.8) is 0 Å². The highest BCUT2D eigenvalue weighted by molar-refractivity contribution is 5.47. The molecule has 0 aliphatic heterocycles. The maximum Gasteiger partial charge on any atom is -0.00915 e. The number of hydrogen-bond donors (Lipinski definition) is 0. The number of benzene rings is 1. The zero-order chi connectivity index (χ0) is 9.38. The van der Waals surface area contributed by atoms with E-state index in [9.17, 15) is 0 Å². The van der Waals surface area contributed by atoms with E-state index in [0.717, 1.165) is 25.7 Å². The summed E-state index contributed by atoms with van der Waals surface area (Å²) in [5.41, 5.74) is 6.30. The molecule has 0 atom stereocenters. The van der Waals surface area contributed by atoms with E-state index in [-0.39, 0.29) is 0 Å². The minimum atomic E-state index is 1.13. The molecule has 0 fully saturated rings. The molecule has 0 heterocycles. The van der Waals surface area contributed by atoms with Crippen LogP contribution < -0.4 is 0 Å². The van der Waals surface area contributed by atoms with Gasteiger partial charge in [0.15, 0.2) is 0 Å². The van der Waals surface area contributed by atoms with Gasteiger partial charge in [-0.15, -0.1) is 0 Å². The van der Waals surface area contributed by atoms with Crippen LogP contribution in [0.15, 0.2) is 36.4 Å². The quantitative estimate of drug-likeness (QED) is 0.541. The van der Waals surface area contributed by atoms with E-state index < -0.39 is 0 Å². The fourth-order valence-corrected chi connectivity index (χ4v) is 2.50. The second-order valence-electron chi connectivity index (χ2n) is 4.10. The van der Waals surface area contributed by atoms with E-state index in [1.807, 2.05) is 0 Å². The van der Waals surface area contributed by atoms with E-state index in [4.69, 9.17) is 0 Å². The topological polar surface area (TPSA) is 0 Å². The van der Waals surface area contributed by atoms with Crippen molar-refractivity contribution in [1.29, 1.82) is 0 Å². The lowest BCUT2D eigenvalue weighted by Gasteiger charge is -2.20. The van der Waals surface area contributed by atoms with Gasteiger partial charge in [0.1, 0.15) is 0 Å². The Balaban J connectivity index is 2.17. The lowest BCUT2D eigenvalue weighted by atomic mass is 9.85. The van der Waals surface area contributed by atoms with E-state index in [2.05, 4.69) is 36.4 Å². The third-order valence-corrected chi connectivity index (χ3v) is 3.28. The molecule has 0 amide bonds. The molecule has 14 heavy (non-hydrogen) atoms. The Morgan fingerprint density at radius 2 is 1.00 bits per heavy atom. The van der Waals surface area contributed by atoms with Crippen molar-refractivity contribution in [2.75, 3.05) is 0 Å². The molecule has 3 rings (SSSR count). The van der Waals surface area contributed by atoms with Crippen LogP contribution in [0.1, 0.15) is 22.3 Å². The summed E-state index contributed by atoms with van der Waals surface area (Å²) in [5, 5.41) is 0. The molecule has 1 aromatic carbocycles. The second-order valence-corrected chi connectivity index (χ2v) is 4.10. The first-order valence-electron chi connectivity index (χ1n) is 5.37. The van der Waals surface area contributed by atoms with Crippen LogP contribution in [0.3, 0.4) is 0 Å². The van der Waals surface area contributed by atoms with Crippen LogP contribution >= 0.6 is 0 Å². The van der Waals surface area contributed by atoms with E-state index >= 15 is 0 Å². The van der Waals surface area contributed by atoms with E-state index in [0.29, 0.717) is 0 Å². The van der Waals surface area contributed by atoms with Crippen LogP contribution in [0.4, 0.5) is 0 Å². The zero-order valence-electron chi connectivity index (χ0n) is 8.29. The summed E-state index contributed by atoms with van der Waals surface area (Å²) in [6.07, 6.45) is 13.7. The van der Waals surface area contributed by atoms with Crippen LogP contribution in [0.25, 0.3) is 0 Å². The Morgan fingerprint density at radius 3 is 1.50 bits per heavy atom. The lowest BCUT2D eigenvalue weighted by molar-refractivity contribution is 0.992. The highest BCUT2D eigenvalue weighted by Gasteiger charge is 2.14. The number of rotatable bonds is 0. The predicted molar refractivity (Wildman–Crippen MR) is 59.5 cm³/mol. The molecule has 2 aliphatic carbocycles. The van der Waals surface area contributed by atoms with Gasteiger partial charge in [-0.1, -0.05) is 36.4 Å². The minimum absolute atomic E-state index is 1.13. The largest absolute Gasteiger partial charge is 0.0838 e. The van der Waals surface area contributed by atoms with Gasteiger partial charge >= 0.3 is 0 Å². The van der Waals surface area contributed by atoms with Crippen molar-refractivity contribution in [1.82, 2.24) is 0 Å². The standard InChI is InChI=1S/C14H14/c1-3-7-13-11(5-1)9-10-12-6-2-4-8-14(12)13/h1-4,9-10H,5-8H2. The summed E-state index contributed by atoms with van der Waals surface area (Å²) in [7, 11) is 0. The van der Waals surface area contributed by atoms with Gasteiger partial charge in [0.05, 0.1) is 0 Å². The van der Waals surface area contributed by atoms with Gasteiger partial charge in [-0.25, -0.2) is 0 Å². The van der Waals surface area contributed by atoms with Gasteiger partial charge in [-0.2, -0.15) is 0 Å². The maximum absolute atomic E-state index is 2.32. The van der Waals surface area contributed by atoms with E-state index in [1.54, 1.807) is 22.3 Å². The Hall–Kier alpha value is -1.30. The zero-order valence-corrected chi connectivity index (χ0v) is 8.29. The molecule has 0 radical (unpaired) electrons. The molecule has 0 saturated carbocycles. The maximum atomic E-state index is 2.32. The molecule has 0 saturated heterocycles. The third kappa shape index (κ3) is 1.14. The second kappa shape index (κ2) is 3.13. The molecular formula is C14H14. The summed E-state index contributed by atoms with van der Waals surface area (Å²) in [6, 6.07) is 4.63. The van der Waals surface area contributed by atoms with E-state index in [1.165, 1.54) is 0 Å². The average Bonchev–Trinajstić information content (AvgIpc) is 2.29. The molecule has 0 nitrogen and oxygen atoms in total. The van der Waals surface area contributed by atoms with Crippen molar-refractivity contribution < 1.29 is 0 Å². The smallest absolute Gasteiger partial charge is 0.00915 e. The summed E-state index contributed by atoms with van der Waals surface area (Å²) < 4.78 is 0. The first-order chi connectivity index (χ1) is 6.95. The molecule has 70 valence electrons. The Morgan fingerprint density at radius 1 is 0.571 bits per heavy atom. The van der Waals surface area contributed by atoms with Crippen LogP contribution in [-0.4, -0.2) is 0 Å². The predicted octanol–water partition coefficient (Wildman–Crippen LogP) is 3.00. The Kier molecular flexibility index (Phi) is 1.80. The molecular weight excluding hydrogens is 168 g/mol. The molecule has 0 N–H and O–H groups in total. The first-order valence-corrected chi connectivity index (χ1v) is 5.37. The van der Waals surface area contributed by atoms with Crippen LogP contribution in [0.2, 0.25) is 0 Å². The summed E-state index contributed by atoms with van der Waals surface area (Å²) in [5.74, 6) is 0. The van der Waals surface area contributed by atoms with Crippen molar-refractivity contribution in [3.8, 4) is 0 Å². The van der Waals surface area contributed by atoms with Gasteiger partial charge in [0, 0.05) is 0 Å². The van der Waals surface area contributed by atoms with Gasteiger partial charge < -0.3 is 0 Å². The molecule has 1 aromatic rings. The summed E-state index contributed by atoms with van der Waals surface area (Å²) >= 11 is 0. The van der Waals surface area contributed by atoms with Crippen LogP contribution in [-0.2, 0) is 25.7 Å². The van der Waals surface area contributed by atoms with Crippen LogP contribution in [0.5, 0.6) is 0 Å².